The van der Waals surface area contributed by atoms with Crippen molar-refractivity contribution < 1.29 is 9.32 Å². The van der Waals surface area contributed by atoms with Crippen molar-refractivity contribution in [3.63, 3.8) is 0 Å². The Hall–Kier alpha value is -2.66. The number of hydrogen-bond acceptors (Lipinski definition) is 4. The second kappa shape index (κ2) is 7.06. The van der Waals surface area contributed by atoms with Crippen LogP contribution in [0.2, 0.25) is 0 Å². The Morgan fingerprint density at radius 3 is 2.68 bits per heavy atom. The Morgan fingerprint density at radius 2 is 1.93 bits per heavy atom. The van der Waals surface area contributed by atoms with Gasteiger partial charge in [-0.1, -0.05) is 41.6 Å². The van der Waals surface area contributed by atoms with Gasteiger partial charge in [-0.15, -0.1) is 0 Å². The second-order valence-corrected chi connectivity index (χ2v) is 8.04. The summed E-state index contributed by atoms with van der Waals surface area (Å²) in [6.07, 6.45) is 5.98. The van der Waals surface area contributed by atoms with Crippen molar-refractivity contribution >= 4 is 16.9 Å². The molecule has 1 saturated heterocycles. The van der Waals surface area contributed by atoms with E-state index in [0.717, 1.165) is 42.5 Å². The molecule has 5 rings (SSSR count). The first-order chi connectivity index (χ1) is 13.8. The summed E-state index contributed by atoms with van der Waals surface area (Å²) in [6, 6.07) is 16.8. The summed E-state index contributed by atoms with van der Waals surface area (Å²) in [4.78, 5) is 15.7. The third-order valence-corrected chi connectivity index (χ3v) is 6.31. The topological polar surface area (TPSA) is 58.4 Å². The van der Waals surface area contributed by atoms with Gasteiger partial charge >= 0.3 is 0 Å². The van der Waals surface area contributed by atoms with Gasteiger partial charge in [-0.25, -0.2) is 0 Å². The summed E-state index contributed by atoms with van der Waals surface area (Å²) in [6.45, 7) is 2.86. The maximum Gasteiger partial charge on any atom is 0.230 e. The number of likely N-dealkylation sites (tertiary alicyclic amines) is 1. The lowest BCUT2D eigenvalue weighted by Gasteiger charge is -2.29. The van der Waals surface area contributed by atoms with Crippen molar-refractivity contribution in [2.24, 2.45) is 0 Å². The van der Waals surface area contributed by atoms with Gasteiger partial charge in [0, 0.05) is 11.9 Å². The number of amides is 1. The van der Waals surface area contributed by atoms with Crippen molar-refractivity contribution in [1.82, 2.24) is 15.4 Å². The normalized spacial score (nSPS) is 19.6. The van der Waals surface area contributed by atoms with Crippen LogP contribution in [0.25, 0.3) is 11.0 Å². The van der Waals surface area contributed by atoms with Crippen LogP contribution < -0.4 is 5.32 Å². The van der Waals surface area contributed by atoms with Gasteiger partial charge < -0.3 is 9.84 Å². The number of carbonyl (C=O) groups is 1. The minimum Gasteiger partial charge on any atom is -0.356 e. The smallest absolute Gasteiger partial charge is 0.230 e. The van der Waals surface area contributed by atoms with Gasteiger partial charge in [-0.2, -0.15) is 0 Å². The number of nitrogens with one attached hydrogen (secondary N) is 1. The zero-order valence-corrected chi connectivity index (χ0v) is 15.9. The molecule has 1 N–H and O–H groups in total. The van der Waals surface area contributed by atoms with E-state index in [9.17, 15) is 4.79 Å². The summed E-state index contributed by atoms with van der Waals surface area (Å²) >= 11 is 0. The highest BCUT2D eigenvalue weighted by molar-refractivity contribution is 5.92. The van der Waals surface area contributed by atoms with Gasteiger partial charge in [-0.3, -0.25) is 9.69 Å². The molecule has 0 bridgehead atoms. The quantitative estimate of drug-likeness (QED) is 0.712. The number of fused-ring (bicyclic) bond motifs is 1. The van der Waals surface area contributed by atoms with Gasteiger partial charge in [-0.05, 0) is 62.0 Å². The van der Waals surface area contributed by atoms with Gasteiger partial charge in [0.25, 0.3) is 0 Å². The van der Waals surface area contributed by atoms with Crippen LogP contribution in [0.3, 0.4) is 0 Å². The molecule has 5 heteroatoms. The molecule has 28 heavy (non-hydrogen) atoms. The Labute approximate surface area is 164 Å². The largest absolute Gasteiger partial charge is 0.356 e. The van der Waals surface area contributed by atoms with Crippen LogP contribution in [0, 0.1) is 0 Å². The lowest BCUT2D eigenvalue weighted by Crippen LogP contribution is -2.41. The lowest BCUT2D eigenvalue weighted by molar-refractivity contribution is -0.123. The fourth-order valence-corrected chi connectivity index (χ4v) is 4.49. The van der Waals surface area contributed by atoms with Crippen LogP contribution in [0.1, 0.15) is 42.9 Å². The number of aromatic nitrogens is 1. The molecule has 144 valence electrons. The third-order valence-electron chi connectivity index (χ3n) is 6.31. The average molecular weight is 375 g/mol. The molecule has 2 fully saturated rings. The van der Waals surface area contributed by atoms with E-state index in [-0.39, 0.29) is 11.9 Å². The van der Waals surface area contributed by atoms with E-state index in [0.29, 0.717) is 6.54 Å². The highest BCUT2D eigenvalue weighted by Gasteiger charge is 2.51. The van der Waals surface area contributed by atoms with Crippen LogP contribution >= 0.6 is 0 Å². The monoisotopic (exact) mass is 375 g/mol. The number of hydrogen-bond donors (Lipinski definition) is 1. The minimum absolute atomic E-state index is 0.142. The Kier molecular flexibility index (Phi) is 4.40. The van der Waals surface area contributed by atoms with Crippen molar-refractivity contribution in [2.75, 3.05) is 19.6 Å². The van der Waals surface area contributed by atoms with Gasteiger partial charge in [0.2, 0.25) is 5.91 Å². The third kappa shape index (κ3) is 3.10. The lowest BCUT2D eigenvalue weighted by atomic mass is 9.93. The first-order valence-corrected chi connectivity index (χ1v) is 10.2. The molecular weight excluding hydrogens is 350 g/mol. The standard InChI is InChI=1S/C23H25N3O2/c27-22(23(10-11-23)19-8-9-21-18(14-19)15-25-28-21)24-16-20(26-12-4-5-13-26)17-6-2-1-3-7-17/h1-3,6-9,14-15,20H,4-5,10-13,16H2,(H,24,27). The SMILES string of the molecule is O=C(NCC(c1ccccc1)N1CCCC1)C1(c2ccc3oncc3c2)CC1. The van der Waals surface area contributed by atoms with Crippen LogP contribution in [-0.2, 0) is 10.2 Å². The average Bonchev–Trinajstić information content (AvgIpc) is 3.14. The zero-order chi connectivity index (χ0) is 19.0. The molecule has 1 unspecified atom stereocenters. The molecule has 1 aliphatic heterocycles. The van der Waals surface area contributed by atoms with Gasteiger partial charge in [0.15, 0.2) is 5.58 Å². The molecule has 1 aromatic heterocycles. The summed E-state index contributed by atoms with van der Waals surface area (Å²) in [5, 5.41) is 8.08. The molecule has 1 saturated carbocycles. The molecule has 5 nitrogen and oxygen atoms in total. The van der Waals surface area contributed by atoms with Crippen LogP contribution in [-0.4, -0.2) is 35.6 Å². The van der Waals surface area contributed by atoms with Crippen LogP contribution in [0.15, 0.2) is 59.3 Å². The minimum atomic E-state index is -0.391. The molecule has 2 aromatic carbocycles. The highest BCUT2D eigenvalue weighted by atomic mass is 16.5. The van der Waals surface area contributed by atoms with E-state index in [1.165, 1.54) is 18.4 Å². The fraction of sp³-hybridized carbons (Fsp3) is 0.391. The van der Waals surface area contributed by atoms with E-state index in [1.807, 2.05) is 24.3 Å². The van der Waals surface area contributed by atoms with E-state index >= 15 is 0 Å². The van der Waals surface area contributed by atoms with Gasteiger partial charge in [0.05, 0.1) is 17.7 Å². The maximum absolute atomic E-state index is 13.2. The number of nitrogens with zero attached hydrogens (tertiary/aromatic N) is 2. The van der Waals surface area contributed by atoms with E-state index < -0.39 is 5.41 Å². The molecule has 1 aliphatic carbocycles. The molecule has 1 atom stereocenters. The molecule has 2 aliphatic rings. The van der Waals surface area contributed by atoms with E-state index in [2.05, 4.69) is 39.6 Å². The van der Waals surface area contributed by atoms with Crippen molar-refractivity contribution in [2.45, 2.75) is 37.1 Å². The summed E-state index contributed by atoms with van der Waals surface area (Å²) in [7, 11) is 0. The Balaban J connectivity index is 1.33. The molecule has 0 spiro atoms. The summed E-state index contributed by atoms with van der Waals surface area (Å²) < 4.78 is 5.20. The molecule has 0 radical (unpaired) electrons. The van der Waals surface area contributed by atoms with E-state index in [4.69, 9.17) is 4.52 Å². The Bertz CT molecular complexity index is 972. The van der Waals surface area contributed by atoms with Crippen molar-refractivity contribution in [3.05, 3.63) is 65.9 Å². The van der Waals surface area contributed by atoms with E-state index in [1.54, 1.807) is 6.20 Å². The molecule has 3 aromatic rings. The van der Waals surface area contributed by atoms with Crippen LogP contribution in [0.4, 0.5) is 0 Å². The predicted molar refractivity (Wildman–Crippen MR) is 108 cm³/mol. The number of carbonyl (C=O) groups excluding carboxylic acids is 1. The first-order valence-electron chi connectivity index (χ1n) is 10.2. The number of benzene rings is 2. The number of rotatable bonds is 6. The van der Waals surface area contributed by atoms with Crippen molar-refractivity contribution in [3.8, 4) is 0 Å². The summed E-state index contributed by atoms with van der Waals surface area (Å²) in [5.41, 5.74) is 2.72. The second-order valence-electron chi connectivity index (χ2n) is 8.04. The predicted octanol–water partition coefficient (Wildman–Crippen LogP) is 3.81. The summed E-state index contributed by atoms with van der Waals surface area (Å²) in [5.74, 6) is 0.142. The van der Waals surface area contributed by atoms with Crippen molar-refractivity contribution in [1.29, 1.82) is 0 Å². The maximum atomic E-state index is 13.2. The first kappa shape index (κ1) is 17.4. The van der Waals surface area contributed by atoms with Crippen LogP contribution in [0.5, 0.6) is 0 Å². The fourth-order valence-electron chi connectivity index (χ4n) is 4.49. The Morgan fingerprint density at radius 1 is 1.14 bits per heavy atom. The zero-order valence-electron chi connectivity index (χ0n) is 15.9. The van der Waals surface area contributed by atoms with Gasteiger partial charge in [0.1, 0.15) is 0 Å². The highest BCUT2D eigenvalue weighted by Crippen LogP contribution is 2.49. The molecular formula is C23H25N3O2. The molecule has 2 heterocycles. The molecule has 1 amide bonds.